The van der Waals surface area contributed by atoms with E-state index in [9.17, 15) is 4.79 Å². The SMILES string of the molecule is COc1cc(-c2n[nH]nc2C(N)=O)ccc1OCc1ccc(C)cc1. The molecule has 0 bridgehead atoms. The summed E-state index contributed by atoms with van der Waals surface area (Å²) in [6.07, 6.45) is 0. The van der Waals surface area contributed by atoms with Crippen LogP contribution in [0.15, 0.2) is 42.5 Å². The quantitative estimate of drug-likeness (QED) is 0.718. The molecule has 0 aliphatic rings. The van der Waals surface area contributed by atoms with E-state index in [-0.39, 0.29) is 5.69 Å². The number of methoxy groups -OCH3 is 1. The van der Waals surface area contributed by atoms with Gasteiger partial charge in [0.15, 0.2) is 17.2 Å². The molecule has 0 aliphatic heterocycles. The highest BCUT2D eigenvalue weighted by Gasteiger charge is 2.17. The van der Waals surface area contributed by atoms with Crippen LogP contribution in [-0.4, -0.2) is 28.4 Å². The molecule has 0 atom stereocenters. The molecule has 2 aromatic carbocycles. The molecule has 0 saturated heterocycles. The molecule has 3 aromatic rings. The fraction of sp³-hybridized carbons (Fsp3) is 0.167. The molecular formula is C18H18N4O3. The monoisotopic (exact) mass is 338 g/mol. The molecule has 1 aromatic heterocycles. The molecule has 0 saturated carbocycles. The smallest absolute Gasteiger partial charge is 0.271 e. The average Bonchev–Trinajstić information content (AvgIpc) is 3.11. The number of rotatable bonds is 6. The van der Waals surface area contributed by atoms with E-state index in [1.807, 2.05) is 31.2 Å². The van der Waals surface area contributed by atoms with Gasteiger partial charge in [-0.25, -0.2) is 0 Å². The van der Waals surface area contributed by atoms with Gasteiger partial charge in [-0.05, 0) is 30.7 Å². The number of nitrogens with zero attached hydrogens (tertiary/aromatic N) is 2. The van der Waals surface area contributed by atoms with E-state index in [0.717, 1.165) is 5.56 Å². The normalized spacial score (nSPS) is 10.5. The number of aromatic nitrogens is 3. The zero-order chi connectivity index (χ0) is 17.8. The van der Waals surface area contributed by atoms with Gasteiger partial charge in [-0.1, -0.05) is 29.8 Å². The number of aromatic amines is 1. The van der Waals surface area contributed by atoms with Crippen LogP contribution in [0, 0.1) is 6.92 Å². The molecule has 7 nitrogen and oxygen atoms in total. The van der Waals surface area contributed by atoms with Crippen molar-refractivity contribution in [1.82, 2.24) is 15.4 Å². The van der Waals surface area contributed by atoms with Crippen molar-refractivity contribution in [2.24, 2.45) is 5.73 Å². The van der Waals surface area contributed by atoms with Crippen LogP contribution in [-0.2, 0) is 6.61 Å². The molecule has 0 unspecified atom stereocenters. The number of carbonyl (C=O) groups is 1. The second kappa shape index (κ2) is 7.04. The number of carbonyl (C=O) groups excluding carboxylic acids is 1. The first-order valence-corrected chi connectivity index (χ1v) is 7.66. The first-order valence-electron chi connectivity index (χ1n) is 7.66. The first-order chi connectivity index (χ1) is 12.1. The Hall–Kier alpha value is -3.35. The van der Waals surface area contributed by atoms with Gasteiger partial charge in [0.2, 0.25) is 0 Å². The summed E-state index contributed by atoms with van der Waals surface area (Å²) in [6.45, 7) is 2.46. The molecule has 25 heavy (non-hydrogen) atoms. The van der Waals surface area contributed by atoms with E-state index >= 15 is 0 Å². The largest absolute Gasteiger partial charge is 0.493 e. The van der Waals surface area contributed by atoms with Crippen LogP contribution in [0.4, 0.5) is 0 Å². The van der Waals surface area contributed by atoms with Crippen molar-refractivity contribution in [3.8, 4) is 22.8 Å². The predicted octanol–water partition coefficient (Wildman–Crippen LogP) is 2.47. The zero-order valence-electron chi connectivity index (χ0n) is 13.9. The number of ether oxygens (including phenoxy) is 2. The highest BCUT2D eigenvalue weighted by molar-refractivity contribution is 5.96. The fourth-order valence-corrected chi connectivity index (χ4v) is 2.38. The fourth-order valence-electron chi connectivity index (χ4n) is 2.38. The number of primary amides is 1. The van der Waals surface area contributed by atoms with E-state index in [1.165, 1.54) is 5.56 Å². The highest BCUT2D eigenvalue weighted by Crippen LogP contribution is 2.33. The van der Waals surface area contributed by atoms with Crippen LogP contribution < -0.4 is 15.2 Å². The van der Waals surface area contributed by atoms with E-state index in [4.69, 9.17) is 15.2 Å². The molecule has 128 valence electrons. The summed E-state index contributed by atoms with van der Waals surface area (Å²) in [5, 5.41) is 10.2. The maximum atomic E-state index is 11.4. The lowest BCUT2D eigenvalue weighted by Crippen LogP contribution is -2.12. The third-order valence-electron chi connectivity index (χ3n) is 3.73. The third kappa shape index (κ3) is 3.60. The van der Waals surface area contributed by atoms with Crippen LogP contribution in [0.25, 0.3) is 11.3 Å². The molecular weight excluding hydrogens is 320 g/mol. The van der Waals surface area contributed by atoms with Gasteiger partial charge in [0.1, 0.15) is 12.3 Å². The first kappa shape index (κ1) is 16.5. The summed E-state index contributed by atoms with van der Waals surface area (Å²) >= 11 is 0. The maximum Gasteiger partial charge on any atom is 0.271 e. The second-order valence-corrected chi connectivity index (χ2v) is 5.52. The molecule has 0 radical (unpaired) electrons. The van der Waals surface area contributed by atoms with Crippen molar-refractivity contribution in [1.29, 1.82) is 0 Å². The number of aryl methyl sites for hydroxylation is 1. The van der Waals surface area contributed by atoms with Gasteiger partial charge in [0, 0.05) is 5.56 Å². The van der Waals surface area contributed by atoms with Gasteiger partial charge >= 0.3 is 0 Å². The summed E-state index contributed by atoms with van der Waals surface area (Å²) in [5.41, 5.74) is 8.66. The topological polar surface area (TPSA) is 103 Å². The third-order valence-corrected chi connectivity index (χ3v) is 3.73. The summed E-state index contributed by atoms with van der Waals surface area (Å²) in [7, 11) is 1.55. The van der Waals surface area contributed by atoms with Crippen molar-refractivity contribution < 1.29 is 14.3 Å². The Bertz CT molecular complexity index is 888. The molecule has 0 fully saturated rings. The number of nitrogens with two attached hydrogens (primary N) is 1. The molecule has 0 aliphatic carbocycles. The second-order valence-electron chi connectivity index (χ2n) is 5.52. The Morgan fingerprint density at radius 3 is 2.56 bits per heavy atom. The Labute approximate surface area is 144 Å². The van der Waals surface area contributed by atoms with Crippen LogP contribution in [0.5, 0.6) is 11.5 Å². The number of H-pyrrole nitrogens is 1. The minimum absolute atomic E-state index is 0.0791. The van der Waals surface area contributed by atoms with Crippen molar-refractivity contribution >= 4 is 5.91 Å². The standard InChI is InChI=1S/C18H18N4O3/c1-11-3-5-12(6-4-11)10-25-14-8-7-13(9-15(14)24-2)16-17(18(19)23)21-22-20-16/h3-9H,10H2,1-2H3,(H2,19,23)(H,20,21,22). The molecule has 0 spiro atoms. The molecule has 1 amide bonds. The lowest BCUT2D eigenvalue weighted by molar-refractivity contribution is 0.0996. The van der Waals surface area contributed by atoms with Crippen molar-refractivity contribution in [3.05, 3.63) is 59.3 Å². The minimum atomic E-state index is -0.651. The number of benzene rings is 2. The Balaban J connectivity index is 1.83. The van der Waals surface area contributed by atoms with Crippen LogP contribution in [0.1, 0.15) is 21.6 Å². The molecule has 3 N–H and O–H groups in total. The average molecular weight is 338 g/mol. The predicted molar refractivity (Wildman–Crippen MR) is 92.4 cm³/mol. The minimum Gasteiger partial charge on any atom is -0.493 e. The van der Waals surface area contributed by atoms with Crippen LogP contribution in [0.3, 0.4) is 0 Å². The number of amides is 1. The van der Waals surface area contributed by atoms with E-state index in [0.29, 0.717) is 29.4 Å². The molecule has 3 rings (SSSR count). The van der Waals surface area contributed by atoms with Gasteiger partial charge in [0.25, 0.3) is 5.91 Å². The van der Waals surface area contributed by atoms with Crippen molar-refractivity contribution in [2.75, 3.05) is 7.11 Å². The summed E-state index contributed by atoms with van der Waals surface area (Å²) in [5.74, 6) is 0.474. The van der Waals surface area contributed by atoms with E-state index in [1.54, 1.807) is 25.3 Å². The number of hydrogen-bond donors (Lipinski definition) is 2. The zero-order valence-corrected chi connectivity index (χ0v) is 13.9. The Morgan fingerprint density at radius 1 is 1.12 bits per heavy atom. The number of hydrogen-bond acceptors (Lipinski definition) is 5. The van der Waals surface area contributed by atoms with Crippen molar-refractivity contribution in [2.45, 2.75) is 13.5 Å². The van der Waals surface area contributed by atoms with Crippen LogP contribution in [0.2, 0.25) is 0 Å². The lowest BCUT2D eigenvalue weighted by atomic mass is 10.1. The van der Waals surface area contributed by atoms with Crippen LogP contribution >= 0.6 is 0 Å². The molecule has 1 heterocycles. The highest BCUT2D eigenvalue weighted by atomic mass is 16.5. The van der Waals surface area contributed by atoms with Gasteiger partial charge in [-0.3, -0.25) is 4.79 Å². The summed E-state index contributed by atoms with van der Waals surface area (Å²) in [4.78, 5) is 11.4. The number of nitrogens with one attached hydrogen (secondary N) is 1. The van der Waals surface area contributed by atoms with Gasteiger partial charge < -0.3 is 15.2 Å². The maximum absolute atomic E-state index is 11.4. The summed E-state index contributed by atoms with van der Waals surface area (Å²) < 4.78 is 11.2. The van der Waals surface area contributed by atoms with Gasteiger partial charge in [-0.15, -0.1) is 0 Å². The van der Waals surface area contributed by atoms with Crippen molar-refractivity contribution in [3.63, 3.8) is 0 Å². The summed E-state index contributed by atoms with van der Waals surface area (Å²) in [6, 6.07) is 13.4. The van der Waals surface area contributed by atoms with E-state index < -0.39 is 5.91 Å². The Kier molecular flexibility index (Phi) is 4.65. The van der Waals surface area contributed by atoms with Gasteiger partial charge in [0.05, 0.1) is 7.11 Å². The Morgan fingerprint density at radius 2 is 1.88 bits per heavy atom. The lowest BCUT2D eigenvalue weighted by Gasteiger charge is -2.12. The van der Waals surface area contributed by atoms with E-state index in [2.05, 4.69) is 15.4 Å². The molecule has 7 heteroatoms. The van der Waals surface area contributed by atoms with Gasteiger partial charge in [-0.2, -0.15) is 15.4 Å².